The SMILES string of the molecule is Cn1cc(C(=O)Nc2ccccc2)c2cc(C#N)ccc21. The topological polar surface area (TPSA) is 57.8 Å². The number of nitrogens with zero attached hydrogens (tertiary/aromatic N) is 2. The molecule has 0 atom stereocenters. The van der Waals surface area contributed by atoms with Crippen molar-refractivity contribution >= 4 is 22.5 Å². The van der Waals surface area contributed by atoms with E-state index in [2.05, 4.69) is 11.4 Å². The Labute approximate surface area is 122 Å². The van der Waals surface area contributed by atoms with Gasteiger partial charge in [-0.3, -0.25) is 4.79 Å². The Bertz CT molecular complexity index is 857. The van der Waals surface area contributed by atoms with Crippen molar-refractivity contribution in [3.63, 3.8) is 0 Å². The molecule has 1 amide bonds. The van der Waals surface area contributed by atoms with E-state index in [0.717, 1.165) is 16.6 Å². The number of fused-ring (bicyclic) bond motifs is 1. The molecule has 0 unspecified atom stereocenters. The zero-order valence-corrected chi connectivity index (χ0v) is 11.5. The second-order valence-electron chi connectivity index (χ2n) is 4.82. The highest BCUT2D eigenvalue weighted by Crippen LogP contribution is 2.23. The van der Waals surface area contributed by atoms with Gasteiger partial charge in [0.25, 0.3) is 5.91 Å². The Hall–Kier alpha value is -3.06. The van der Waals surface area contributed by atoms with E-state index in [1.807, 2.05) is 48.0 Å². The van der Waals surface area contributed by atoms with Crippen LogP contribution in [0, 0.1) is 11.3 Å². The molecule has 0 spiro atoms. The summed E-state index contributed by atoms with van der Waals surface area (Å²) < 4.78 is 1.89. The average Bonchev–Trinajstić information content (AvgIpc) is 2.85. The minimum Gasteiger partial charge on any atom is -0.350 e. The lowest BCUT2D eigenvalue weighted by molar-refractivity contribution is 0.102. The molecular formula is C17H13N3O. The number of aromatic nitrogens is 1. The average molecular weight is 275 g/mol. The van der Waals surface area contributed by atoms with Crippen molar-refractivity contribution in [1.82, 2.24) is 4.57 Å². The van der Waals surface area contributed by atoms with E-state index < -0.39 is 0 Å². The number of rotatable bonds is 2. The first kappa shape index (κ1) is 12.9. The molecule has 0 aliphatic carbocycles. The molecule has 0 aliphatic rings. The van der Waals surface area contributed by atoms with Crippen molar-refractivity contribution in [2.24, 2.45) is 7.05 Å². The van der Waals surface area contributed by atoms with Gasteiger partial charge in [0, 0.05) is 29.8 Å². The van der Waals surface area contributed by atoms with Crippen molar-refractivity contribution in [2.45, 2.75) is 0 Å². The molecule has 1 N–H and O–H groups in total. The Balaban J connectivity index is 2.04. The molecule has 4 nitrogen and oxygen atoms in total. The van der Waals surface area contributed by atoms with E-state index in [1.54, 1.807) is 18.3 Å². The minimum absolute atomic E-state index is 0.179. The number of benzene rings is 2. The molecular weight excluding hydrogens is 262 g/mol. The lowest BCUT2D eigenvalue weighted by Crippen LogP contribution is -2.11. The fourth-order valence-electron chi connectivity index (χ4n) is 2.36. The highest BCUT2D eigenvalue weighted by molar-refractivity contribution is 6.13. The molecule has 0 bridgehead atoms. The first-order valence-electron chi connectivity index (χ1n) is 6.54. The summed E-state index contributed by atoms with van der Waals surface area (Å²) in [6.45, 7) is 0. The van der Waals surface area contributed by atoms with Crippen molar-refractivity contribution in [1.29, 1.82) is 5.26 Å². The molecule has 0 radical (unpaired) electrons. The Morgan fingerprint density at radius 1 is 1.19 bits per heavy atom. The van der Waals surface area contributed by atoms with Gasteiger partial charge in [0.2, 0.25) is 0 Å². The number of amides is 1. The maximum absolute atomic E-state index is 12.4. The maximum atomic E-state index is 12.4. The van der Waals surface area contributed by atoms with Gasteiger partial charge in [-0.25, -0.2) is 0 Å². The third-order valence-electron chi connectivity index (χ3n) is 3.39. The first-order chi connectivity index (χ1) is 10.2. The zero-order valence-electron chi connectivity index (χ0n) is 11.5. The molecule has 21 heavy (non-hydrogen) atoms. The standard InChI is InChI=1S/C17H13N3O/c1-20-11-15(14-9-12(10-18)7-8-16(14)20)17(21)19-13-5-3-2-4-6-13/h2-9,11H,1H3,(H,19,21). The summed E-state index contributed by atoms with van der Waals surface area (Å²) in [5, 5.41) is 12.7. The number of nitriles is 1. The highest BCUT2D eigenvalue weighted by Gasteiger charge is 2.14. The fourth-order valence-corrected chi connectivity index (χ4v) is 2.36. The third kappa shape index (κ3) is 2.37. The summed E-state index contributed by atoms with van der Waals surface area (Å²) in [6.07, 6.45) is 1.78. The lowest BCUT2D eigenvalue weighted by atomic mass is 10.1. The monoisotopic (exact) mass is 275 g/mol. The third-order valence-corrected chi connectivity index (χ3v) is 3.39. The molecule has 3 rings (SSSR count). The van der Waals surface area contributed by atoms with E-state index in [-0.39, 0.29) is 5.91 Å². The lowest BCUT2D eigenvalue weighted by Gasteiger charge is -2.03. The molecule has 0 saturated heterocycles. The molecule has 0 aliphatic heterocycles. The van der Waals surface area contributed by atoms with Gasteiger partial charge in [-0.1, -0.05) is 18.2 Å². The Morgan fingerprint density at radius 2 is 1.95 bits per heavy atom. The van der Waals surface area contributed by atoms with Gasteiger partial charge in [0.15, 0.2) is 0 Å². The number of anilines is 1. The molecule has 4 heteroatoms. The van der Waals surface area contributed by atoms with Crippen LogP contribution in [-0.4, -0.2) is 10.5 Å². The van der Waals surface area contributed by atoms with Crippen LogP contribution in [0.1, 0.15) is 15.9 Å². The van der Waals surface area contributed by atoms with Crippen molar-refractivity contribution in [2.75, 3.05) is 5.32 Å². The number of hydrogen-bond donors (Lipinski definition) is 1. The number of para-hydroxylation sites is 1. The molecule has 1 heterocycles. The van der Waals surface area contributed by atoms with E-state index in [1.165, 1.54) is 0 Å². The normalized spacial score (nSPS) is 10.3. The second-order valence-corrected chi connectivity index (χ2v) is 4.82. The maximum Gasteiger partial charge on any atom is 0.257 e. The van der Waals surface area contributed by atoms with Gasteiger partial charge >= 0.3 is 0 Å². The van der Waals surface area contributed by atoms with E-state index in [0.29, 0.717) is 11.1 Å². The van der Waals surface area contributed by atoms with Gasteiger partial charge in [0.1, 0.15) is 0 Å². The molecule has 2 aromatic carbocycles. The Kier molecular flexibility index (Phi) is 3.17. The van der Waals surface area contributed by atoms with Crippen molar-refractivity contribution < 1.29 is 4.79 Å². The number of nitrogens with one attached hydrogen (secondary N) is 1. The van der Waals surface area contributed by atoms with Gasteiger partial charge in [0.05, 0.1) is 17.2 Å². The predicted octanol–water partition coefficient (Wildman–Crippen LogP) is 3.30. The molecule has 3 aromatic rings. The minimum atomic E-state index is -0.179. The summed E-state index contributed by atoms with van der Waals surface area (Å²) in [5.41, 5.74) is 2.78. The number of carbonyl (C=O) groups is 1. The summed E-state index contributed by atoms with van der Waals surface area (Å²) >= 11 is 0. The van der Waals surface area contributed by atoms with Crippen LogP contribution >= 0.6 is 0 Å². The van der Waals surface area contributed by atoms with E-state index in [9.17, 15) is 4.79 Å². The van der Waals surface area contributed by atoms with Crippen LogP contribution in [0.2, 0.25) is 0 Å². The number of carbonyl (C=O) groups excluding carboxylic acids is 1. The van der Waals surface area contributed by atoms with Crippen LogP contribution in [0.5, 0.6) is 0 Å². The summed E-state index contributed by atoms with van der Waals surface area (Å²) in [4.78, 5) is 12.4. The quantitative estimate of drug-likeness (QED) is 0.780. The van der Waals surface area contributed by atoms with Gasteiger partial charge in [-0.2, -0.15) is 5.26 Å². The number of hydrogen-bond acceptors (Lipinski definition) is 2. The summed E-state index contributed by atoms with van der Waals surface area (Å²) in [6, 6.07) is 16.8. The van der Waals surface area contributed by atoms with Crippen LogP contribution in [0.15, 0.2) is 54.7 Å². The van der Waals surface area contributed by atoms with Crippen LogP contribution in [0.4, 0.5) is 5.69 Å². The van der Waals surface area contributed by atoms with Gasteiger partial charge < -0.3 is 9.88 Å². The fraction of sp³-hybridized carbons (Fsp3) is 0.0588. The second kappa shape index (κ2) is 5.14. The highest BCUT2D eigenvalue weighted by atomic mass is 16.1. The number of aryl methyl sites for hydroxylation is 1. The zero-order chi connectivity index (χ0) is 14.8. The van der Waals surface area contributed by atoms with Crippen molar-refractivity contribution in [3.8, 4) is 6.07 Å². The summed E-state index contributed by atoms with van der Waals surface area (Å²) in [7, 11) is 1.88. The molecule has 0 saturated carbocycles. The van der Waals surface area contributed by atoms with Crippen LogP contribution in [0.3, 0.4) is 0 Å². The van der Waals surface area contributed by atoms with Crippen molar-refractivity contribution in [3.05, 3.63) is 65.9 Å². The first-order valence-corrected chi connectivity index (χ1v) is 6.54. The van der Waals surface area contributed by atoms with Crippen LogP contribution in [-0.2, 0) is 7.05 Å². The van der Waals surface area contributed by atoms with Gasteiger partial charge in [-0.05, 0) is 30.3 Å². The molecule has 102 valence electrons. The predicted molar refractivity (Wildman–Crippen MR) is 82.0 cm³/mol. The van der Waals surface area contributed by atoms with E-state index >= 15 is 0 Å². The smallest absolute Gasteiger partial charge is 0.257 e. The van der Waals surface area contributed by atoms with Gasteiger partial charge in [-0.15, -0.1) is 0 Å². The molecule has 1 aromatic heterocycles. The Morgan fingerprint density at radius 3 is 2.67 bits per heavy atom. The molecule has 0 fully saturated rings. The van der Waals surface area contributed by atoms with Crippen LogP contribution in [0.25, 0.3) is 10.9 Å². The van der Waals surface area contributed by atoms with Crippen LogP contribution < -0.4 is 5.32 Å². The van der Waals surface area contributed by atoms with E-state index in [4.69, 9.17) is 5.26 Å². The summed E-state index contributed by atoms with van der Waals surface area (Å²) in [5.74, 6) is -0.179. The largest absolute Gasteiger partial charge is 0.350 e.